The van der Waals surface area contributed by atoms with E-state index < -0.39 is 0 Å². The fourth-order valence-corrected chi connectivity index (χ4v) is 10.7. The normalized spacial score (nSPS) is 39.2. The van der Waals surface area contributed by atoms with Gasteiger partial charge >= 0.3 is 0 Å². The molecule has 3 saturated heterocycles. The van der Waals surface area contributed by atoms with E-state index in [0.29, 0.717) is 16.7 Å². The molecule has 0 radical (unpaired) electrons. The first kappa shape index (κ1) is 28.1. The molecule has 40 heavy (non-hydrogen) atoms. The standard InChI is InChI=1S/C33H53N5OS/c1-4-37-19-24-11-8-12-26(15-24)40-36-32-34-27(31-22(2)9-7-10-23(31)3)16-30(35-32)39-29-21-38(20-28(29)37)25-17-33(18-25)13-5-6-14-33/h7,9-10,24-30,32,34-36H,4-6,8,11-21H2,1-3H3/t24?,26?,27?,28-,29-,30?,32?/m1/s1. The molecule has 4 bridgehead atoms. The van der Waals surface area contributed by atoms with Gasteiger partial charge in [-0.3, -0.25) is 20.4 Å². The van der Waals surface area contributed by atoms with Gasteiger partial charge in [0.15, 0.2) is 0 Å². The van der Waals surface area contributed by atoms with Crippen molar-refractivity contribution in [3.63, 3.8) is 0 Å². The van der Waals surface area contributed by atoms with Gasteiger partial charge in [-0.05, 0) is 93.4 Å². The zero-order chi connectivity index (χ0) is 27.3. The summed E-state index contributed by atoms with van der Waals surface area (Å²) in [6.45, 7) is 11.6. The van der Waals surface area contributed by atoms with E-state index >= 15 is 0 Å². The third kappa shape index (κ3) is 5.66. The highest BCUT2D eigenvalue weighted by Gasteiger charge is 2.51. The molecule has 6 fully saturated rings. The molecule has 222 valence electrons. The Hall–Kier alpha value is -0.670. The lowest BCUT2D eigenvalue weighted by Gasteiger charge is -2.49. The maximum atomic E-state index is 7.22. The minimum atomic E-state index is 0.0391. The van der Waals surface area contributed by atoms with Crippen molar-refractivity contribution in [1.29, 1.82) is 0 Å². The van der Waals surface area contributed by atoms with Crippen LogP contribution in [0.2, 0.25) is 0 Å². The predicted octanol–water partition coefficient (Wildman–Crippen LogP) is 5.46. The zero-order valence-corrected chi connectivity index (χ0v) is 26.0. The molecule has 1 aromatic carbocycles. The van der Waals surface area contributed by atoms with E-state index in [1.54, 1.807) is 0 Å². The summed E-state index contributed by atoms with van der Waals surface area (Å²) in [6, 6.07) is 8.28. The van der Waals surface area contributed by atoms with Crippen molar-refractivity contribution >= 4 is 11.9 Å². The smallest absolute Gasteiger partial charge is 0.123 e. The van der Waals surface area contributed by atoms with E-state index in [0.717, 1.165) is 31.5 Å². The molecular weight excluding hydrogens is 514 g/mol. The van der Waals surface area contributed by atoms with Crippen LogP contribution < -0.4 is 15.4 Å². The second-order valence-corrected chi connectivity index (χ2v) is 15.4. The summed E-state index contributed by atoms with van der Waals surface area (Å²) in [6.07, 6.45) is 15.5. The van der Waals surface area contributed by atoms with Gasteiger partial charge in [0.05, 0.1) is 6.10 Å². The first-order chi connectivity index (χ1) is 19.5. The Bertz CT molecular complexity index is 1000. The number of aryl methyl sites for hydroxylation is 2. The third-order valence-corrected chi connectivity index (χ3v) is 12.8. The maximum absolute atomic E-state index is 7.22. The number of ether oxygens (including phenoxy) is 1. The van der Waals surface area contributed by atoms with Crippen LogP contribution in [-0.2, 0) is 4.74 Å². The van der Waals surface area contributed by atoms with Gasteiger partial charge in [-0.15, -0.1) is 0 Å². The molecule has 3 aliphatic heterocycles. The monoisotopic (exact) mass is 567 g/mol. The molecule has 6 aliphatic rings. The second kappa shape index (κ2) is 11.8. The van der Waals surface area contributed by atoms with Gasteiger partial charge in [0, 0.05) is 49.4 Å². The van der Waals surface area contributed by atoms with Crippen LogP contribution >= 0.6 is 11.9 Å². The Morgan fingerprint density at radius 3 is 2.55 bits per heavy atom. The number of likely N-dealkylation sites (N-methyl/N-ethyl adjacent to an activating group) is 1. The first-order valence-electron chi connectivity index (χ1n) is 16.6. The number of likely N-dealkylation sites (tertiary alicyclic amines) is 1. The molecule has 6 nitrogen and oxygen atoms in total. The summed E-state index contributed by atoms with van der Waals surface area (Å²) in [5.74, 6) is 0.802. The van der Waals surface area contributed by atoms with Crippen LogP contribution in [0.1, 0.15) is 100 Å². The van der Waals surface area contributed by atoms with E-state index in [4.69, 9.17) is 4.74 Å². The molecule has 3 N–H and O–H groups in total. The van der Waals surface area contributed by atoms with Crippen molar-refractivity contribution in [3.05, 3.63) is 34.9 Å². The van der Waals surface area contributed by atoms with E-state index in [-0.39, 0.29) is 24.7 Å². The van der Waals surface area contributed by atoms with Crippen molar-refractivity contribution < 1.29 is 4.74 Å². The van der Waals surface area contributed by atoms with Crippen LogP contribution in [0.15, 0.2) is 18.2 Å². The highest BCUT2D eigenvalue weighted by molar-refractivity contribution is 7.98. The summed E-state index contributed by atoms with van der Waals surface area (Å²) in [5, 5.41) is 8.48. The van der Waals surface area contributed by atoms with Crippen LogP contribution in [0.25, 0.3) is 0 Å². The number of benzene rings is 1. The number of hydrogen-bond acceptors (Lipinski definition) is 7. The van der Waals surface area contributed by atoms with Gasteiger partial charge < -0.3 is 4.74 Å². The summed E-state index contributed by atoms with van der Waals surface area (Å²) >= 11 is 1.97. The molecule has 0 aromatic heterocycles. The van der Waals surface area contributed by atoms with Crippen LogP contribution in [0, 0.1) is 25.2 Å². The van der Waals surface area contributed by atoms with Crippen molar-refractivity contribution in [1.82, 2.24) is 25.2 Å². The Labute approximate surface area is 247 Å². The van der Waals surface area contributed by atoms with Crippen LogP contribution in [0.3, 0.4) is 0 Å². The molecule has 3 saturated carbocycles. The predicted molar refractivity (Wildman–Crippen MR) is 165 cm³/mol. The molecular formula is C33H53N5OS. The van der Waals surface area contributed by atoms with Crippen molar-refractivity contribution in [2.45, 2.75) is 133 Å². The zero-order valence-electron chi connectivity index (χ0n) is 25.2. The molecule has 5 unspecified atom stereocenters. The fraction of sp³-hybridized carbons (Fsp3) is 0.818. The lowest BCUT2D eigenvalue weighted by Crippen LogP contribution is -2.62. The molecule has 3 heterocycles. The average Bonchev–Trinajstić information content (AvgIpc) is 3.57. The number of rotatable bonds is 3. The Balaban J connectivity index is 1.15. The minimum Gasteiger partial charge on any atom is -0.357 e. The van der Waals surface area contributed by atoms with Gasteiger partial charge in [0.2, 0.25) is 0 Å². The molecule has 3 aliphatic carbocycles. The first-order valence-corrected chi connectivity index (χ1v) is 17.5. The van der Waals surface area contributed by atoms with E-state index in [9.17, 15) is 0 Å². The second-order valence-electron chi connectivity index (χ2n) is 14.3. The molecule has 1 spiro atoms. The molecule has 7 atom stereocenters. The van der Waals surface area contributed by atoms with Gasteiger partial charge in [0.1, 0.15) is 12.5 Å². The van der Waals surface area contributed by atoms with Gasteiger partial charge in [-0.1, -0.05) is 56.3 Å². The van der Waals surface area contributed by atoms with Crippen molar-refractivity contribution in [2.75, 3.05) is 26.2 Å². The van der Waals surface area contributed by atoms with E-state index in [1.807, 2.05) is 11.9 Å². The quantitative estimate of drug-likeness (QED) is 0.419. The molecule has 1 aromatic rings. The highest BCUT2D eigenvalue weighted by atomic mass is 32.2. The largest absolute Gasteiger partial charge is 0.357 e. The fourth-order valence-electron chi connectivity index (χ4n) is 9.55. The van der Waals surface area contributed by atoms with Gasteiger partial charge in [-0.2, -0.15) is 0 Å². The number of nitrogens with zero attached hydrogens (tertiary/aromatic N) is 2. The van der Waals surface area contributed by atoms with Crippen LogP contribution in [0.4, 0.5) is 0 Å². The van der Waals surface area contributed by atoms with Crippen molar-refractivity contribution in [2.24, 2.45) is 11.3 Å². The SMILES string of the molecule is CCN1CC2CCCC(C2)SNC2NC(CC(c3c(C)cccc3C)N2)O[C@@H]2CN(C3CC4(CCCC4)C3)C[C@H]21. The van der Waals surface area contributed by atoms with E-state index in [1.165, 1.54) is 94.0 Å². The topological polar surface area (TPSA) is 51.8 Å². The summed E-state index contributed by atoms with van der Waals surface area (Å²) in [5.41, 5.74) is 4.91. The Morgan fingerprint density at radius 2 is 1.77 bits per heavy atom. The average molecular weight is 568 g/mol. The Morgan fingerprint density at radius 1 is 0.975 bits per heavy atom. The molecule has 7 heteroatoms. The lowest BCUT2D eigenvalue weighted by molar-refractivity contribution is -0.0830. The molecule has 0 amide bonds. The van der Waals surface area contributed by atoms with Crippen molar-refractivity contribution in [3.8, 4) is 0 Å². The van der Waals surface area contributed by atoms with Gasteiger partial charge in [-0.25, -0.2) is 4.72 Å². The van der Waals surface area contributed by atoms with Gasteiger partial charge in [0.25, 0.3) is 0 Å². The lowest BCUT2D eigenvalue weighted by atomic mass is 9.64. The third-order valence-electron chi connectivity index (χ3n) is 11.6. The van der Waals surface area contributed by atoms with Crippen LogP contribution in [-0.4, -0.2) is 71.9 Å². The molecule has 7 rings (SSSR count). The highest BCUT2D eigenvalue weighted by Crippen LogP contribution is 2.55. The minimum absolute atomic E-state index is 0.0391. The van der Waals surface area contributed by atoms with Crippen LogP contribution in [0.5, 0.6) is 0 Å². The van der Waals surface area contributed by atoms with E-state index in [2.05, 4.69) is 64.1 Å². The number of fused-ring (bicyclic) bond motifs is 5. The maximum Gasteiger partial charge on any atom is 0.123 e. The summed E-state index contributed by atoms with van der Waals surface area (Å²) < 4.78 is 11.0. The number of hydrogen-bond donors (Lipinski definition) is 3. The number of nitrogens with one attached hydrogen (secondary N) is 3. The summed E-state index contributed by atoms with van der Waals surface area (Å²) in [7, 11) is 0. The summed E-state index contributed by atoms with van der Waals surface area (Å²) in [4.78, 5) is 5.69. The Kier molecular flexibility index (Phi) is 8.28.